The largest absolute Gasteiger partial charge is 0.449 e. The van der Waals surface area contributed by atoms with Crippen LogP contribution in [-0.4, -0.2) is 9.97 Å². The first-order valence-electron chi connectivity index (χ1n) is 5.22. The van der Waals surface area contributed by atoms with Gasteiger partial charge in [0.15, 0.2) is 0 Å². The topological polar surface area (TPSA) is 45.8 Å². The van der Waals surface area contributed by atoms with Gasteiger partial charge in [0.1, 0.15) is 5.82 Å². The Labute approximate surface area is 104 Å². The van der Waals surface area contributed by atoms with E-state index in [9.17, 15) is 22.4 Å². The Morgan fingerprint density at radius 1 is 1.21 bits per heavy atom. The molecular formula is C12H8F4N2O. The van der Waals surface area contributed by atoms with Crippen molar-refractivity contribution in [2.24, 2.45) is 0 Å². The molecule has 0 aliphatic carbocycles. The Kier molecular flexibility index (Phi) is 3.13. The molecule has 1 N–H and O–H groups in total. The highest BCUT2D eigenvalue weighted by Crippen LogP contribution is 2.28. The van der Waals surface area contributed by atoms with E-state index in [-0.39, 0.29) is 11.3 Å². The molecule has 1 heterocycles. The lowest BCUT2D eigenvalue weighted by atomic mass is 10.1. The first-order chi connectivity index (χ1) is 8.77. The highest BCUT2D eigenvalue weighted by Gasteiger charge is 2.34. The van der Waals surface area contributed by atoms with Gasteiger partial charge in [0.2, 0.25) is 5.82 Å². The lowest BCUT2D eigenvalue weighted by molar-refractivity contribution is -0.145. The summed E-state index contributed by atoms with van der Waals surface area (Å²) in [5.41, 5.74) is -0.834. The van der Waals surface area contributed by atoms with Gasteiger partial charge in [-0.05, 0) is 19.1 Å². The summed E-state index contributed by atoms with van der Waals surface area (Å²) >= 11 is 0. The molecule has 0 aliphatic heterocycles. The number of hydrogen-bond acceptors (Lipinski definition) is 2. The minimum atomic E-state index is -4.80. The third-order valence-electron chi connectivity index (χ3n) is 2.41. The molecule has 0 spiro atoms. The lowest BCUT2D eigenvalue weighted by Crippen LogP contribution is -2.19. The fourth-order valence-electron chi connectivity index (χ4n) is 1.57. The van der Waals surface area contributed by atoms with Crippen LogP contribution in [0.1, 0.15) is 11.4 Å². The number of rotatable bonds is 1. The second kappa shape index (κ2) is 4.49. The summed E-state index contributed by atoms with van der Waals surface area (Å²) < 4.78 is 51.1. The SMILES string of the molecule is Cc1ccc(F)c(-c2cc(=O)[nH]c(C(F)(F)F)n2)c1. The normalized spacial score (nSPS) is 11.6. The van der Waals surface area contributed by atoms with Gasteiger partial charge in [0.25, 0.3) is 5.56 Å². The molecule has 3 nitrogen and oxygen atoms in total. The minimum Gasteiger partial charge on any atom is -0.303 e. The molecule has 0 atom stereocenters. The molecule has 2 rings (SSSR count). The summed E-state index contributed by atoms with van der Waals surface area (Å²) in [6, 6.07) is 4.74. The fraction of sp³-hybridized carbons (Fsp3) is 0.167. The van der Waals surface area contributed by atoms with E-state index in [2.05, 4.69) is 4.98 Å². The van der Waals surface area contributed by atoms with Crippen LogP contribution < -0.4 is 5.56 Å². The van der Waals surface area contributed by atoms with Crippen molar-refractivity contribution in [3.63, 3.8) is 0 Å². The number of hydrogen-bond donors (Lipinski definition) is 1. The molecule has 0 bridgehead atoms. The Morgan fingerprint density at radius 3 is 2.53 bits per heavy atom. The van der Waals surface area contributed by atoms with Crippen molar-refractivity contribution in [1.82, 2.24) is 9.97 Å². The smallest absolute Gasteiger partial charge is 0.303 e. The van der Waals surface area contributed by atoms with Crippen LogP contribution in [-0.2, 0) is 6.18 Å². The predicted octanol–water partition coefficient (Wildman–Crippen LogP) is 2.90. The maximum Gasteiger partial charge on any atom is 0.449 e. The third-order valence-corrected chi connectivity index (χ3v) is 2.41. The average molecular weight is 272 g/mol. The Hall–Kier alpha value is -2.18. The highest BCUT2D eigenvalue weighted by atomic mass is 19.4. The van der Waals surface area contributed by atoms with E-state index >= 15 is 0 Å². The first-order valence-corrected chi connectivity index (χ1v) is 5.22. The molecule has 0 fully saturated rings. The summed E-state index contributed by atoms with van der Waals surface area (Å²) in [7, 11) is 0. The number of benzene rings is 1. The van der Waals surface area contributed by atoms with Crippen molar-refractivity contribution in [1.29, 1.82) is 0 Å². The van der Waals surface area contributed by atoms with E-state index in [1.807, 2.05) is 0 Å². The maximum absolute atomic E-state index is 13.6. The summed E-state index contributed by atoms with van der Waals surface area (Å²) in [4.78, 5) is 16.0. The summed E-state index contributed by atoms with van der Waals surface area (Å²) in [6.07, 6.45) is -4.80. The van der Waals surface area contributed by atoms with Gasteiger partial charge < -0.3 is 4.98 Å². The van der Waals surface area contributed by atoms with Gasteiger partial charge in [-0.3, -0.25) is 4.79 Å². The zero-order chi connectivity index (χ0) is 14.2. The lowest BCUT2D eigenvalue weighted by Gasteiger charge is -2.08. The quantitative estimate of drug-likeness (QED) is 0.811. The number of nitrogens with zero attached hydrogens (tertiary/aromatic N) is 1. The molecule has 1 aromatic carbocycles. The third kappa shape index (κ3) is 2.81. The van der Waals surface area contributed by atoms with Crippen LogP contribution in [0.4, 0.5) is 17.6 Å². The summed E-state index contributed by atoms with van der Waals surface area (Å²) in [6.45, 7) is 1.65. The molecule has 2 aromatic rings. The molecule has 0 saturated carbocycles. The molecule has 0 radical (unpaired) electrons. The van der Waals surface area contributed by atoms with Crippen LogP contribution >= 0.6 is 0 Å². The predicted molar refractivity (Wildman–Crippen MR) is 60.0 cm³/mol. The van der Waals surface area contributed by atoms with Crippen LogP contribution in [0.2, 0.25) is 0 Å². The van der Waals surface area contributed by atoms with Crippen molar-refractivity contribution >= 4 is 0 Å². The van der Waals surface area contributed by atoms with Crippen LogP contribution in [0.25, 0.3) is 11.3 Å². The van der Waals surface area contributed by atoms with Crippen molar-refractivity contribution in [2.45, 2.75) is 13.1 Å². The average Bonchev–Trinajstić information content (AvgIpc) is 2.30. The number of aromatic amines is 1. The van der Waals surface area contributed by atoms with Crippen molar-refractivity contribution in [2.75, 3.05) is 0 Å². The number of aromatic nitrogens is 2. The van der Waals surface area contributed by atoms with E-state index in [0.717, 1.165) is 12.1 Å². The molecule has 100 valence electrons. The fourth-order valence-corrected chi connectivity index (χ4v) is 1.57. The van der Waals surface area contributed by atoms with Crippen molar-refractivity contribution < 1.29 is 17.6 Å². The summed E-state index contributed by atoms with van der Waals surface area (Å²) in [5, 5.41) is 0. The van der Waals surface area contributed by atoms with Gasteiger partial charge in [-0.2, -0.15) is 13.2 Å². The van der Waals surface area contributed by atoms with Crippen LogP contribution in [0.5, 0.6) is 0 Å². The molecule has 0 aliphatic rings. The van der Waals surface area contributed by atoms with Gasteiger partial charge in [-0.15, -0.1) is 0 Å². The van der Waals surface area contributed by atoms with E-state index < -0.39 is 23.4 Å². The molecule has 1 aromatic heterocycles. The number of aryl methyl sites for hydroxylation is 1. The monoisotopic (exact) mass is 272 g/mol. The van der Waals surface area contributed by atoms with Gasteiger partial charge >= 0.3 is 6.18 Å². The van der Waals surface area contributed by atoms with Crippen LogP contribution in [0.15, 0.2) is 29.1 Å². The standard InChI is InChI=1S/C12H8F4N2O/c1-6-2-3-8(13)7(4-6)9-5-10(19)18-11(17-9)12(14,15)16/h2-5H,1H3,(H,17,18,19). The number of H-pyrrole nitrogens is 1. The Balaban J connectivity index is 2.66. The molecule has 0 saturated heterocycles. The second-order valence-corrected chi connectivity index (χ2v) is 3.96. The Bertz CT molecular complexity index is 676. The van der Waals surface area contributed by atoms with Crippen molar-refractivity contribution in [3.8, 4) is 11.3 Å². The Morgan fingerprint density at radius 2 is 1.89 bits per heavy atom. The van der Waals surface area contributed by atoms with Gasteiger partial charge in [0.05, 0.1) is 5.69 Å². The van der Waals surface area contributed by atoms with E-state index in [4.69, 9.17) is 0 Å². The molecule has 7 heteroatoms. The number of alkyl halides is 3. The van der Waals surface area contributed by atoms with Crippen LogP contribution in [0, 0.1) is 12.7 Å². The minimum absolute atomic E-state index is 0.142. The second-order valence-electron chi connectivity index (χ2n) is 3.96. The van der Waals surface area contributed by atoms with E-state index in [1.54, 1.807) is 11.9 Å². The van der Waals surface area contributed by atoms with Gasteiger partial charge in [-0.25, -0.2) is 9.37 Å². The zero-order valence-corrected chi connectivity index (χ0v) is 9.68. The van der Waals surface area contributed by atoms with Crippen molar-refractivity contribution in [3.05, 3.63) is 51.8 Å². The number of nitrogens with one attached hydrogen (secondary N) is 1. The van der Waals surface area contributed by atoms with E-state index in [1.165, 1.54) is 12.1 Å². The molecule has 19 heavy (non-hydrogen) atoms. The summed E-state index contributed by atoms with van der Waals surface area (Å²) in [5.74, 6) is -2.19. The molecule has 0 amide bonds. The first kappa shape index (κ1) is 13.3. The maximum atomic E-state index is 13.6. The molecule has 0 unspecified atom stereocenters. The number of halogens is 4. The van der Waals surface area contributed by atoms with E-state index in [0.29, 0.717) is 5.56 Å². The van der Waals surface area contributed by atoms with Crippen LogP contribution in [0.3, 0.4) is 0 Å². The zero-order valence-electron chi connectivity index (χ0n) is 9.68. The van der Waals surface area contributed by atoms with Gasteiger partial charge in [-0.1, -0.05) is 11.6 Å². The highest BCUT2D eigenvalue weighted by molar-refractivity contribution is 5.60. The van der Waals surface area contributed by atoms with Gasteiger partial charge in [0, 0.05) is 11.6 Å². The molecular weight excluding hydrogens is 264 g/mol.